The van der Waals surface area contributed by atoms with Crippen molar-refractivity contribution in [2.75, 3.05) is 4.72 Å². The van der Waals surface area contributed by atoms with Crippen LogP contribution in [-0.2, 0) is 10.0 Å². The second kappa shape index (κ2) is 7.14. The van der Waals surface area contributed by atoms with Gasteiger partial charge in [-0.1, -0.05) is 0 Å². The summed E-state index contributed by atoms with van der Waals surface area (Å²) in [4.78, 5) is 11.6. The highest BCUT2D eigenvalue weighted by Crippen LogP contribution is 2.23. The minimum atomic E-state index is -4.24. The third kappa shape index (κ3) is 4.30. The average Bonchev–Trinajstić information content (AvgIpc) is 2.55. The van der Waals surface area contributed by atoms with Gasteiger partial charge in [0.2, 0.25) is 0 Å². The molecule has 1 amide bonds. The van der Waals surface area contributed by atoms with Crippen molar-refractivity contribution in [2.45, 2.75) is 24.8 Å². The zero-order chi connectivity index (χ0) is 18.8. The lowest BCUT2D eigenvalue weighted by Crippen LogP contribution is -2.30. The molecule has 9 heteroatoms. The summed E-state index contributed by atoms with van der Waals surface area (Å²) in [7, 11) is -4.24. The Balaban J connectivity index is 2.26. The zero-order valence-electron chi connectivity index (χ0n) is 13.3. The average molecular weight is 372 g/mol. The summed E-state index contributed by atoms with van der Waals surface area (Å²) >= 11 is 0. The Morgan fingerprint density at radius 1 is 0.960 bits per heavy atom. The highest BCUT2D eigenvalue weighted by atomic mass is 32.2. The molecule has 0 aromatic heterocycles. The Hall–Kier alpha value is -2.55. The molecule has 5 nitrogen and oxygen atoms in total. The number of hydrogen-bond donors (Lipinski definition) is 2. The van der Waals surface area contributed by atoms with Crippen LogP contribution in [0.3, 0.4) is 0 Å². The standard InChI is InChI=1S/C16H15F3N2O3S/c1-9(2)20-16(22)10-3-5-11(6-4-10)25(23,24)21-13-8-7-12(17)14(18)15(13)19/h3-9,21H,1-2H3,(H,20,22). The number of rotatable bonds is 5. The van der Waals surface area contributed by atoms with Crippen LogP contribution in [0.1, 0.15) is 24.2 Å². The number of hydrogen-bond acceptors (Lipinski definition) is 3. The van der Waals surface area contributed by atoms with Crippen LogP contribution in [-0.4, -0.2) is 20.4 Å². The molecule has 2 aromatic carbocycles. The van der Waals surface area contributed by atoms with E-state index in [1.165, 1.54) is 12.1 Å². The largest absolute Gasteiger partial charge is 0.350 e. The first-order chi connectivity index (χ1) is 11.6. The molecule has 0 saturated heterocycles. The van der Waals surface area contributed by atoms with Gasteiger partial charge in [-0.2, -0.15) is 0 Å². The van der Waals surface area contributed by atoms with Crippen molar-refractivity contribution in [2.24, 2.45) is 0 Å². The number of sulfonamides is 1. The number of benzene rings is 2. The van der Waals surface area contributed by atoms with Gasteiger partial charge in [0.1, 0.15) is 0 Å². The first-order valence-corrected chi connectivity index (χ1v) is 8.67. The minimum Gasteiger partial charge on any atom is -0.350 e. The molecule has 2 N–H and O–H groups in total. The zero-order valence-corrected chi connectivity index (χ0v) is 14.1. The SMILES string of the molecule is CC(C)NC(=O)c1ccc(S(=O)(=O)Nc2ccc(F)c(F)c2F)cc1. The molecule has 0 aliphatic rings. The summed E-state index contributed by atoms with van der Waals surface area (Å²) in [5.74, 6) is -5.23. The molecule has 0 radical (unpaired) electrons. The first-order valence-electron chi connectivity index (χ1n) is 7.19. The van der Waals surface area contributed by atoms with Gasteiger partial charge in [0, 0.05) is 11.6 Å². The van der Waals surface area contributed by atoms with Crippen LogP contribution < -0.4 is 10.0 Å². The van der Waals surface area contributed by atoms with Gasteiger partial charge in [-0.3, -0.25) is 9.52 Å². The number of nitrogens with one attached hydrogen (secondary N) is 2. The lowest BCUT2D eigenvalue weighted by atomic mass is 10.2. The Labute approximate surface area is 142 Å². The van der Waals surface area contributed by atoms with E-state index >= 15 is 0 Å². The van der Waals surface area contributed by atoms with Gasteiger partial charge in [0.15, 0.2) is 17.5 Å². The van der Waals surface area contributed by atoms with Gasteiger partial charge in [-0.15, -0.1) is 0 Å². The smallest absolute Gasteiger partial charge is 0.261 e. The molecule has 0 saturated carbocycles. The topological polar surface area (TPSA) is 75.3 Å². The molecule has 0 aliphatic carbocycles. The minimum absolute atomic E-state index is 0.0890. The van der Waals surface area contributed by atoms with Crippen molar-refractivity contribution in [1.29, 1.82) is 0 Å². The fourth-order valence-corrected chi connectivity index (χ4v) is 3.00. The van der Waals surface area contributed by atoms with E-state index < -0.39 is 33.2 Å². The number of carbonyl (C=O) groups is 1. The van der Waals surface area contributed by atoms with Gasteiger partial charge >= 0.3 is 0 Å². The lowest BCUT2D eigenvalue weighted by molar-refractivity contribution is 0.0943. The second-order valence-corrected chi connectivity index (χ2v) is 7.16. The molecule has 0 heterocycles. The molecule has 0 bridgehead atoms. The molecule has 0 fully saturated rings. The first kappa shape index (κ1) is 18.8. The van der Waals surface area contributed by atoms with Gasteiger partial charge in [-0.05, 0) is 50.2 Å². The summed E-state index contributed by atoms with van der Waals surface area (Å²) in [5, 5.41) is 2.65. The van der Waals surface area contributed by atoms with Gasteiger partial charge < -0.3 is 5.32 Å². The summed E-state index contributed by atoms with van der Waals surface area (Å²) in [6, 6.07) is 6.16. The van der Waals surface area contributed by atoms with Crippen LogP contribution >= 0.6 is 0 Å². The van der Waals surface area contributed by atoms with E-state index in [1.54, 1.807) is 13.8 Å². The molecule has 2 aromatic rings. The van der Waals surface area contributed by atoms with Crippen molar-refractivity contribution in [3.05, 3.63) is 59.4 Å². The van der Waals surface area contributed by atoms with Gasteiger partial charge in [-0.25, -0.2) is 21.6 Å². The Morgan fingerprint density at radius 3 is 2.12 bits per heavy atom. The summed E-state index contributed by atoms with van der Waals surface area (Å²) < 4.78 is 66.0. The summed E-state index contributed by atoms with van der Waals surface area (Å²) in [6.07, 6.45) is 0. The third-order valence-electron chi connectivity index (χ3n) is 3.13. The van der Waals surface area contributed by atoms with Crippen molar-refractivity contribution in [3.8, 4) is 0 Å². The highest BCUT2D eigenvalue weighted by Gasteiger charge is 2.20. The molecule has 0 unspecified atom stereocenters. The van der Waals surface area contributed by atoms with E-state index in [1.807, 2.05) is 4.72 Å². The summed E-state index contributed by atoms with van der Waals surface area (Å²) in [5.41, 5.74) is -0.479. The normalized spacial score (nSPS) is 11.4. The van der Waals surface area contributed by atoms with Crippen LogP contribution in [0.15, 0.2) is 41.3 Å². The molecule has 0 aliphatic heterocycles. The molecule has 134 valence electrons. The van der Waals surface area contributed by atoms with E-state index in [0.29, 0.717) is 6.07 Å². The van der Waals surface area contributed by atoms with Crippen molar-refractivity contribution < 1.29 is 26.4 Å². The maximum Gasteiger partial charge on any atom is 0.261 e. The van der Waals surface area contributed by atoms with Gasteiger partial charge in [0.05, 0.1) is 10.6 Å². The van der Waals surface area contributed by atoms with Gasteiger partial charge in [0.25, 0.3) is 15.9 Å². The predicted molar refractivity (Wildman–Crippen MR) is 86.2 cm³/mol. The summed E-state index contributed by atoms with van der Waals surface area (Å²) in [6.45, 7) is 3.55. The fraction of sp³-hybridized carbons (Fsp3) is 0.188. The fourth-order valence-electron chi connectivity index (χ4n) is 1.94. The van der Waals surface area contributed by atoms with Crippen LogP contribution in [0, 0.1) is 17.5 Å². The van der Waals surface area contributed by atoms with E-state index in [-0.39, 0.29) is 22.4 Å². The van der Waals surface area contributed by atoms with E-state index in [0.717, 1.165) is 18.2 Å². The number of carbonyl (C=O) groups excluding carboxylic acids is 1. The molecule has 25 heavy (non-hydrogen) atoms. The third-order valence-corrected chi connectivity index (χ3v) is 4.51. The number of halogens is 3. The molecule has 0 spiro atoms. The van der Waals surface area contributed by atoms with Crippen molar-refractivity contribution in [1.82, 2.24) is 5.32 Å². The molecule has 2 rings (SSSR count). The van der Waals surface area contributed by atoms with Crippen LogP contribution in [0.5, 0.6) is 0 Å². The number of amides is 1. The van der Waals surface area contributed by atoms with Crippen molar-refractivity contribution >= 4 is 21.6 Å². The maximum absolute atomic E-state index is 13.6. The Bertz CT molecular complexity index is 898. The lowest BCUT2D eigenvalue weighted by Gasteiger charge is -2.11. The van der Waals surface area contributed by atoms with E-state index in [4.69, 9.17) is 0 Å². The van der Waals surface area contributed by atoms with Crippen LogP contribution in [0.25, 0.3) is 0 Å². The Morgan fingerprint density at radius 2 is 1.56 bits per heavy atom. The van der Waals surface area contributed by atoms with E-state index in [2.05, 4.69) is 5.32 Å². The quantitative estimate of drug-likeness (QED) is 0.792. The molecule has 0 atom stereocenters. The predicted octanol–water partition coefficient (Wildman–Crippen LogP) is 3.04. The Kier molecular flexibility index (Phi) is 5.36. The maximum atomic E-state index is 13.6. The monoisotopic (exact) mass is 372 g/mol. The second-order valence-electron chi connectivity index (χ2n) is 5.48. The van der Waals surface area contributed by atoms with Crippen LogP contribution in [0.4, 0.5) is 18.9 Å². The van der Waals surface area contributed by atoms with Crippen molar-refractivity contribution in [3.63, 3.8) is 0 Å². The van der Waals surface area contributed by atoms with E-state index in [9.17, 15) is 26.4 Å². The highest BCUT2D eigenvalue weighted by molar-refractivity contribution is 7.92. The molecular formula is C16H15F3N2O3S. The van der Waals surface area contributed by atoms with Crippen LogP contribution in [0.2, 0.25) is 0 Å². The number of anilines is 1. The molecular weight excluding hydrogens is 357 g/mol.